The average Bonchev–Trinajstić information content (AvgIpc) is 3.81. The van der Waals surface area contributed by atoms with E-state index in [0.29, 0.717) is 37.2 Å². The van der Waals surface area contributed by atoms with Gasteiger partial charge < -0.3 is 20.4 Å². The van der Waals surface area contributed by atoms with Crippen molar-refractivity contribution >= 4 is 29.1 Å². The number of rotatable bonds is 5. The second kappa shape index (κ2) is 8.93. The largest absolute Gasteiger partial charge is 0.367 e. The van der Waals surface area contributed by atoms with Gasteiger partial charge in [0.2, 0.25) is 5.91 Å². The number of likely N-dealkylation sites (tertiary alicyclic amines) is 1. The van der Waals surface area contributed by atoms with Crippen LogP contribution >= 0.6 is 11.6 Å². The van der Waals surface area contributed by atoms with Crippen LogP contribution in [0.2, 0.25) is 5.02 Å². The summed E-state index contributed by atoms with van der Waals surface area (Å²) >= 11 is 6.39. The zero-order valence-corrected chi connectivity index (χ0v) is 23.2. The molecule has 1 aromatic carbocycles. The highest BCUT2D eigenvalue weighted by atomic mass is 35.5. The first-order valence-electron chi connectivity index (χ1n) is 14.3. The summed E-state index contributed by atoms with van der Waals surface area (Å²) in [6, 6.07) is 6.01. The maximum absolute atomic E-state index is 14.6. The Morgan fingerprint density at radius 2 is 1.92 bits per heavy atom. The van der Waals surface area contributed by atoms with Gasteiger partial charge in [-0.3, -0.25) is 14.3 Å². The highest BCUT2D eigenvalue weighted by Crippen LogP contribution is 2.57. The van der Waals surface area contributed by atoms with Crippen LogP contribution in [-0.4, -0.2) is 81.9 Å². The molecule has 1 aromatic heterocycles. The molecule has 208 valence electrons. The van der Waals surface area contributed by atoms with Crippen molar-refractivity contribution in [1.82, 2.24) is 19.6 Å². The van der Waals surface area contributed by atoms with Crippen LogP contribution < -0.4 is 10.6 Å². The van der Waals surface area contributed by atoms with E-state index in [1.54, 1.807) is 4.90 Å². The first-order chi connectivity index (χ1) is 18.7. The molecule has 0 unspecified atom stereocenters. The Kier molecular flexibility index (Phi) is 5.80. The van der Waals surface area contributed by atoms with Gasteiger partial charge in [0.1, 0.15) is 12.2 Å². The monoisotopic (exact) mass is 554 g/mol. The standard InChI is InChI=1S/C29H36ClFN6O2/c1-18-21(30)3-2-4-22(18)35-11-12-36(29(17-35)5-6-29)24(38)15-37-23-14-19-13-20(19)25(23)26(33-37)27(39)34-9-7-28(31,16-32)8-10-34/h2-4,19-20H,5-17,32H2,1H3/t19-,20-/m1/s1. The van der Waals surface area contributed by atoms with Gasteiger partial charge in [-0.15, -0.1) is 0 Å². The Morgan fingerprint density at radius 3 is 2.64 bits per heavy atom. The van der Waals surface area contributed by atoms with Crippen molar-refractivity contribution in [3.05, 3.63) is 45.7 Å². The summed E-state index contributed by atoms with van der Waals surface area (Å²) in [5.41, 5.74) is 8.86. The van der Waals surface area contributed by atoms with E-state index in [0.717, 1.165) is 66.3 Å². The fourth-order valence-corrected chi connectivity index (χ4v) is 7.41. The number of halogens is 2. The minimum Gasteiger partial charge on any atom is -0.367 e. The molecule has 2 amide bonds. The number of aromatic nitrogens is 2. The molecule has 5 aliphatic rings. The lowest BCUT2D eigenvalue weighted by molar-refractivity contribution is -0.135. The number of nitrogens with two attached hydrogens (primary N) is 1. The number of nitrogens with zero attached hydrogens (tertiary/aromatic N) is 5. The second-order valence-electron chi connectivity index (χ2n) is 12.4. The highest BCUT2D eigenvalue weighted by molar-refractivity contribution is 6.31. The van der Waals surface area contributed by atoms with Gasteiger partial charge in [0.15, 0.2) is 5.69 Å². The fourth-order valence-electron chi connectivity index (χ4n) is 7.24. The van der Waals surface area contributed by atoms with Gasteiger partial charge in [0.05, 0.1) is 5.54 Å². The van der Waals surface area contributed by atoms with Crippen molar-refractivity contribution in [2.75, 3.05) is 44.2 Å². The Labute approximate surface area is 233 Å². The summed E-state index contributed by atoms with van der Waals surface area (Å²) in [4.78, 5) is 33.4. The number of alkyl halides is 1. The number of carbonyl (C=O) groups is 2. The lowest BCUT2D eigenvalue weighted by Gasteiger charge is -2.43. The highest BCUT2D eigenvalue weighted by Gasteiger charge is 2.54. The van der Waals surface area contributed by atoms with Crippen LogP contribution in [0.25, 0.3) is 0 Å². The molecule has 4 fully saturated rings. The quantitative estimate of drug-likeness (QED) is 0.613. The van der Waals surface area contributed by atoms with Crippen LogP contribution in [0.5, 0.6) is 0 Å². The zero-order valence-electron chi connectivity index (χ0n) is 22.5. The van der Waals surface area contributed by atoms with Gasteiger partial charge in [-0.2, -0.15) is 5.10 Å². The summed E-state index contributed by atoms with van der Waals surface area (Å²) in [6.45, 7) is 5.11. The Balaban J connectivity index is 1.08. The first kappa shape index (κ1) is 25.3. The molecule has 2 saturated heterocycles. The van der Waals surface area contributed by atoms with Crippen molar-refractivity contribution in [3.63, 3.8) is 0 Å². The molecule has 2 N–H and O–H groups in total. The van der Waals surface area contributed by atoms with Crippen LogP contribution in [-0.2, 0) is 17.8 Å². The van der Waals surface area contributed by atoms with Gasteiger partial charge in [0, 0.05) is 74.1 Å². The number of anilines is 1. The van der Waals surface area contributed by atoms with Gasteiger partial charge in [-0.05, 0) is 62.1 Å². The first-order valence-corrected chi connectivity index (χ1v) is 14.7. The summed E-state index contributed by atoms with van der Waals surface area (Å²) in [7, 11) is 0. The fraction of sp³-hybridized carbons (Fsp3) is 0.621. The Bertz CT molecular complexity index is 1350. The molecule has 0 radical (unpaired) electrons. The molecule has 39 heavy (non-hydrogen) atoms. The van der Waals surface area contributed by atoms with Gasteiger partial charge >= 0.3 is 0 Å². The molecule has 8 nitrogen and oxygen atoms in total. The van der Waals surface area contributed by atoms with Crippen LogP contribution in [0.15, 0.2) is 18.2 Å². The number of fused-ring (bicyclic) bond motifs is 3. The summed E-state index contributed by atoms with van der Waals surface area (Å²) in [5.74, 6) is 0.870. The van der Waals surface area contributed by atoms with Gasteiger partial charge in [0.25, 0.3) is 5.91 Å². The minimum atomic E-state index is -1.39. The Hall–Kier alpha value is -2.65. The number of amides is 2. The van der Waals surface area contributed by atoms with Gasteiger partial charge in [-0.1, -0.05) is 17.7 Å². The van der Waals surface area contributed by atoms with E-state index in [-0.39, 0.29) is 43.3 Å². The predicted molar refractivity (Wildman–Crippen MR) is 147 cm³/mol. The molecule has 0 bridgehead atoms. The van der Waals surface area contributed by atoms with Crippen molar-refractivity contribution in [2.45, 2.75) is 69.1 Å². The van der Waals surface area contributed by atoms with Crippen molar-refractivity contribution < 1.29 is 14.0 Å². The lowest BCUT2D eigenvalue weighted by atomic mass is 9.93. The number of piperazine rings is 1. The number of benzene rings is 1. The van der Waals surface area contributed by atoms with Gasteiger partial charge in [-0.25, -0.2) is 4.39 Å². The van der Waals surface area contributed by atoms with Crippen molar-refractivity contribution in [2.24, 2.45) is 11.7 Å². The molecule has 2 atom stereocenters. The summed E-state index contributed by atoms with van der Waals surface area (Å²) in [6.07, 6.45) is 4.46. The van der Waals surface area contributed by atoms with E-state index in [2.05, 4.69) is 15.9 Å². The molecule has 10 heteroatoms. The molecule has 2 aliphatic heterocycles. The van der Waals surface area contributed by atoms with Crippen LogP contribution in [0.4, 0.5) is 10.1 Å². The number of carbonyl (C=O) groups excluding carboxylic acids is 2. The summed E-state index contributed by atoms with van der Waals surface area (Å²) in [5, 5.41) is 5.53. The molecule has 1 spiro atoms. The van der Waals surface area contributed by atoms with Crippen LogP contribution in [0, 0.1) is 12.8 Å². The molecule has 2 aromatic rings. The third-order valence-corrected chi connectivity index (χ3v) is 10.4. The third-order valence-electron chi connectivity index (χ3n) is 10.0. The molecule has 3 heterocycles. The third kappa shape index (κ3) is 4.15. The van der Waals surface area contributed by atoms with Crippen LogP contribution in [0.3, 0.4) is 0 Å². The van der Waals surface area contributed by atoms with Crippen molar-refractivity contribution in [3.8, 4) is 0 Å². The summed E-state index contributed by atoms with van der Waals surface area (Å²) < 4.78 is 16.5. The number of hydrogen-bond acceptors (Lipinski definition) is 5. The normalized spacial score (nSPS) is 26.0. The average molecular weight is 555 g/mol. The van der Waals surface area contributed by atoms with E-state index >= 15 is 0 Å². The minimum absolute atomic E-state index is 0.0145. The van der Waals surface area contributed by atoms with Crippen LogP contribution in [0.1, 0.15) is 65.3 Å². The number of piperidine rings is 1. The Morgan fingerprint density at radius 1 is 1.15 bits per heavy atom. The smallest absolute Gasteiger partial charge is 0.274 e. The van der Waals surface area contributed by atoms with Crippen molar-refractivity contribution in [1.29, 1.82) is 0 Å². The zero-order chi connectivity index (χ0) is 27.1. The predicted octanol–water partition coefficient (Wildman–Crippen LogP) is 3.29. The van der Waals surface area contributed by atoms with E-state index in [1.807, 2.05) is 23.7 Å². The molecule has 3 aliphatic carbocycles. The van der Waals surface area contributed by atoms with E-state index in [9.17, 15) is 14.0 Å². The molecular formula is C29H36ClFN6O2. The SMILES string of the molecule is Cc1c(Cl)cccc1N1CCN(C(=O)Cn2nc(C(=O)N3CCC(F)(CN)CC3)c3c2C[C@H]2C[C@@H]32)C2(CC2)C1. The number of hydrogen-bond donors (Lipinski definition) is 1. The topological polar surface area (TPSA) is 87.7 Å². The maximum Gasteiger partial charge on any atom is 0.274 e. The molecule has 7 rings (SSSR count). The van der Waals surface area contributed by atoms with E-state index < -0.39 is 5.67 Å². The lowest BCUT2D eigenvalue weighted by Crippen LogP contribution is -2.58. The maximum atomic E-state index is 14.6. The molecular weight excluding hydrogens is 519 g/mol. The second-order valence-corrected chi connectivity index (χ2v) is 12.8. The molecule has 2 saturated carbocycles. The van der Waals surface area contributed by atoms with E-state index in [1.165, 1.54) is 0 Å². The van der Waals surface area contributed by atoms with E-state index in [4.69, 9.17) is 22.4 Å².